The Morgan fingerprint density at radius 1 is 1.21 bits per heavy atom. The second kappa shape index (κ2) is 3.99. The van der Waals surface area contributed by atoms with E-state index < -0.39 is 17.7 Å². The van der Waals surface area contributed by atoms with E-state index in [9.17, 15) is 19.2 Å². The Balaban J connectivity index is 2.83. The molecule has 0 aliphatic carbocycles. The first-order valence-electron chi connectivity index (χ1n) is 4.07. The summed E-state index contributed by atoms with van der Waals surface area (Å²) < 4.78 is 0. The molecule has 0 radical (unpaired) electrons. The fourth-order valence-corrected chi connectivity index (χ4v) is 1.11. The van der Waals surface area contributed by atoms with E-state index in [1.165, 1.54) is 7.05 Å². The number of hydrogen-bond donors (Lipinski definition) is 0. The molecule has 1 fully saturated rings. The van der Waals surface area contributed by atoms with Crippen LogP contribution in [-0.2, 0) is 19.2 Å². The molecule has 0 unspecified atom stereocenters. The van der Waals surface area contributed by atoms with Crippen LogP contribution >= 0.6 is 0 Å². The molecule has 1 rings (SSSR count). The van der Waals surface area contributed by atoms with Crippen molar-refractivity contribution in [3.8, 4) is 0 Å². The summed E-state index contributed by atoms with van der Waals surface area (Å²) in [6.07, 6.45) is 0.178. The number of aldehydes is 1. The summed E-state index contributed by atoms with van der Waals surface area (Å²) in [7, 11) is 1.32. The number of imide groups is 1. The molecule has 14 heavy (non-hydrogen) atoms. The van der Waals surface area contributed by atoms with Crippen molar-refractivity contribution in [2.75, 3.05) is 20.1 Å². The van der Waals surface area contributed by atoms with Gasteiger partial charge in [-0.2, -0.15) is 0 Å². The zero-order chi connectivity index (χ0) is 10.7. The molecule has 0 aromatic heterocycles. The molecule has 1 heterocycles. The molecule has 6 nitrogen and oxygen atoms in total. The first-order chi connectivity index (χ1) is 6.56. The van der Waals surface area contributed by atoms with Gasteiger partial charge in [-0.1, -0.05) is 0 Å². The Kier molecular flexibility index (Phi) is 2.95. The lowest BCUT2D eigenvalue weighted by atomic mass is 10.3. The molecule has 0 bridgehead atoms. The summed E-state index contributed by atoms with van der Waals surface area (Å²) in [4.78, 5) is 45.8. The van der Waals surface area contributed by atoms with Crippen molar-refractivity contribution in [1.82, 2.24) is 9.80 Å². The van der Waals surface area contributed by atoms with Crippen LogP contribution in [0.5, 0.6) is 0 Å². The van der Waals surface area contributed by atoms with E-state index in [0.29, 0.717) is 6.29 Å². The molecule has 0 N–H and O–H groups in total. The smallest absolute Gasteiger partial charge is 0.248 e. The molecule has 0 saturated carbocycles. The largest absolute Gasteiger partial charge is 0.326 e. The zero-order valence-electron chi connectivity index (χ0n) is 7.73. The molecule has 0 atom stereocenters. The van der Waals surface area contributed by atoms with E-state index in [1.807, 2.05) is 0 Å². The average molecular weight is 198 g/mol. The minimum absolute atomic E-state index is 0.147. The number of carbonyl (C=O) groups is 4. The monoisotopic (exact) mass is 198 g/mol. The third kappa shape index (κ3) is 1.95. The van der Waals surface area contributed by atoms with E-state index in [-0.39, 0.29) is 19.5 Å². The molecule has 76 valence electrons. The van der Waals surface area contributed by atoms with Gasteiger partial charge in [0.05, 0.1) is 6.54 Å². The van der Waals surface area contributed by atoms with Crippen LogP contribution in [0.25, 0.3) is 0 Å². The van der Waals surface area contributed by atoms with Crippen LogP contribution in [0.3, 0.4) is 0 Å². The van der Waals surface area contributed by atoms with E-state index in [4.69, 9.17) is 0 Å². The molecule has 0 aromatic carbocycles. The summed E-state index contributed by atoms with van der Waals surface area (Å²) in [5, 5.41) is 0. The molecule has 6 heteroatoms. The molecule has 0 spiro atoms. The molecule has 1 saturated heterocycles. The van der Waals surface area contributed by atoms with Gasteiger partial charge in [0.2, 0.25) is 17.7 Å². The van der Waals surface area contributed by atoms with Crippen LogP contribution in [0.1, 0.15) is 6.42 Å². The number of amides is 3. The number of carbonyl (C=O) groups excluding carboxylic acids is 4. The van der Waals surface area contributed by atoms with Gasteiger partial charge >= 0.3 is 0 Å². The number of rotatable bonds is 2. The topological polar surface area (TPSA) is 74.8 Å². The highest BCUT2D eigenvalue weighted by Gasteiger charge is 2.29. The molecule has 1 aliphatic heterocycles. The van der Waals surface area contributed by atoms with Gasteiger partial charge in [0.1, 0.15) is 19.3 Å². The van der Waals surface area contributed by atoms with Gasteiger partial charge in [-0.25, -0.2) is 0 Å². The predicted molar refractivity (Wildman–Crippen MR) is 45.0 cm³/mol. The van der Waals surface area contributed by atoms with Crippen LogP contribution in [-0.4, -0.2) is 53.9 Å². The van der Waals surface area contributed by atoms with Crippen LogP contribution < -0.4 is 0 Å². The fourth-order valence-electron chi connectivity index (χ4n) is 1.11. The Morgan fingerprint density at radius 2 is 1.86 bits per heavy atom. The Bertz CT molecular complexity index is 300. The second-order valence-corrected chi connectivity index (χ2v) is 2.96. The third-order valence-electron chi connectivity index (χ3n) is 2.02. The Hall–Kier alpha value is -1.72. The minimum atomic E-state index is -0.534. The van der Waals surface area contributed by atoms with Crippen molar-refractivity contribution in [2.24, 2.45) is 0 Å². The lowest BCUT2D eigenvalue weighted by Gasteiger charge is -2.15. The molecule has 1 aliphatic rings. The first-order valence-corrected chi connectivity index (χ1v) is 4.07. The maximum Gasteiger partial charge on any atom is 0.248 e. The van der Waals surface area contributed by atoms with Gasteiger partial charge < -0.3 is 9.69 Å². The molecular formula is C8H10N2O4. The highest BCUT2D eigenvalue weighted by Crippen LogP contribution is 2.04. The summed E-state index contributed by atoms with van der Waals surface area (Å²) >= 11 is 0. The second-order valence-electron chi connectivity index (χ2n) is 2.96. The van der Waals surface area contributed by atoms with Gasteiger partial charge in [0, 0.05) is 7.05 Å². The highest BCUT2D eigenvalue weighted by atomic mass is 16.2. The maximum absolute atomic E-state index is 11.3. The summed E-state index contributed by atoms with van der Waals surface area (Å²) in [6, 6.07) is 0. The minimum Gasteiger partial charge on any atom is -0.326 e. The van der Waals surface area contributed by atoms with Gasteiger partial charge in [-0.15, -0.1) is 0 Å². The number of likely N-dealkylation sites (N-methyl/N-ethyl adjacent to an activating group) is 1. The molecule has 3 amide bonds. The normalized spacial score (nSPS) is 18.5. The third-order valence-corrected chi connectivity index (χ3v) is 2.02. The van der Waals surface area contributed by atoms with Gasteiger partial charge in [0.25, 0.3) is 0 Å². The van der Waals surface area contributed by atoms with E-state index in [2.05, 4.69) is 0 Å². The summed E-state index contributed by atoms with van der Waals surface area (Å²) in [6.45, 7) is -0.356. The SMILES string of the molecule is CN1C(=O)CC(=O)N(CC=O)CC1=O. The van der Waals surface area contributed by atoms with Crippen LogP contribution in [0.2, 0.25) is 0 Å². The van der Waals surface area contributed by atoms with Crippen molar-refractivity contribution in [3.05, 3.63) is 0 Å². The number of nitrogens with zero attached hydrogens (tertiary/aromatic N) is 2. The summed E-state index contributed by atoms with van der Waals surface area (Å²) in [5.41, 5.74) is 0. The van der Waals surface area contributed by atoms with Crippen molar-refractivity contribution in [2.45, 2.75) is 6.42 Å². The summed E-state index contributed by atoms with van der Waals surface area (Å²) in [5.74, 6) is -1.49. The van der Waals surface area contributed by atoms with Crippen molar-refractivity contribution in [3.63, 3.8) is 0 Å². The van der Waals surface area contributed by atoms with Crippen LogP contribution in [0.15, 0.2) is 0 Å². The fraction of sp³-hybridized carbons (Fsp3) is 0.500. The van der Waals surface area contributed by atoms with E-state index >= 15 is 0 Å². The molecular weight excluding hydrogens is 188 g/mol. The van der Waals surface area contributed by atoms with Crippen molar-refractivity contribution >= 4 is 24.0 Å². The lowest BCUT2D eigenvalue weighted by Crippen LogP contribution is -2.37. The van der Waals surface area contributed by atoms with Crippen LogP contribution in [0.4, 0.5) is 0 Å². The first kappa shape index (κ1) is 10.4. The van der Waals surface area contributed by atoms with Crippen molar-refractivity contribution in [1.29, 1.82) is 0 Å². The standard InChI is InChI=1S/C8H10N2O4/c1-9-6(12)4-7(13)10(2-3-11)5-8(9)14/h3H,2,4-5H2,1H3. The van der Waals surface area contributed by atoms with E-state index in [0.717, 1.165) is 9.80 Å². The maximum atomic E-state index is 11.3. The van der Waals surface area contributed by atoms with Gasteiger partial charge in [0.15, 0.2) is 0 Å². The van der Waals surface area contributed by atoms with Crippen molar-refractivity contribution < 1.29 is 19.2 Å². The lowest BCUT2D eigenvalue weighted by molar-refractivity contribution is -0.141. The predicted octanol–water partition coefficient (Wildman–Crippen LogP) is -1.60. The zero-order valence-corrected chi connectivity index (χ0v) is 7.73. The Morgan fingerprint density at radius 3 is 2.43 bits per heavy atom. The van der Waals surface area contributed by atoms with Gasteiger partial charge in [-0.05, 0) is 0 Å². The molecule has 0 aromatic rings. The van der Waals surface area contributed by atoms with Gasteiger partial charge in [-0.3, -0.25) is 19.3 Å². The average Bonchev–Trinajstić information content (AvgIpc) is 2.21. The quantitative estimate of drug-likeness (QED) is 0.304. The highest BCUT2D eigenvalue weighted by molar-refractivity contribution is 6.08. The van der Waals surface area contributed by atoms with Crippen LogP contribution in [0, 0.1) is 0 Å². The Labute approximate surface area is 80.5 Å². The number of hydrogen-bond acceptors (Lipinski definition) is 4. The van der Waals surface area contributed by atoms with E-state index in [1.54, 1.807) is 0 Å².